The van der Waals surface area contributed by atoms with Crippen molar-refractivity contribution >= 4 is 5.71 Å². The Morgan fingerprint density at radius 2 is 2.71 bits per heavy atom. The minimum Gasteiger partial charge on any atom is -0.303 e. The highest BCUT2D eigenvalue weighted by Gasteiger charge is 1.93. The van der Waals surface area contributed by atoms with E-state index in [-0.39, 0.29) is 0 Å². The summed E-state index contributed by atoms with van der Waals surface area (Å²) in [5, 5.41) is 6.94. The minimum atomic E-state index is 0.372. The summed E-state index contributed by atoms with van der Waals surface area (Å²) in [4.78, 5) is 4.62. The van der Waals surface area contributed by atoms with Crippen molar-refractivity contribution in [2.75, 3.05) is 6.61 Å². The van der Waals surface area contributed by atoms with Gasteiger partial charge in [-0.15, -0.1) is 0 Å². The molecule has 0 atom stereocenters. The van der Waals surface area contributed by atoms with E-state index in [4.69, 9.17) is 5.41 Å². The van der Waals surface area contributed by atoms with Crippen molar-refractivity contribution in [2.45, 2.75) is 0 Å². The Morgan fingerprint density at radius 1 is 1.86 bits per heavy atom. The van der Waals surface area contributed by atoms with Gasteiger partial charge in [-0.05, 0) is 6.08 Å². The summed E-state index contributed by atoms with van der Waals surface area (Å²) in [7, 11) is 0. The van der Waals surface area contributed by atoms with Gasteiger partial charge in [0.1, 0.15) is 6.61 Å². The smallest absolute Gasteiger partial charge is 0.116 e. The van der Waals surface area contributed by atoms with E-state index in [1.807, 2.05) is 0 Å². The van der Waals surface area contributed by atoms with Crippen LogP contribution in [0.4, 0.5) is 0 Å². The van der Waals surface area contributed by atoms with Gasteiger partial charge in [0.25, 0.3) is 0 Å². The third-order valence-electron chi connectivity index (χ3n) is 0.664. The first kappa shape index (κ1) is 4.33. The molecule has 0 aromatic carbocycles. The Hall–Kier alpha value is -0.830. The van der Waals surface area contributed by atoms with E-state index < -0.39 is 0 Å². The Bertz CT molecular complexity index is 108. The fraction of sp³-hybridized carbons (Fsp3) is 0.250. The summed E-state index contributed by atoms with van der Waals surface area (Å²) in [5.74, 6) is 0. The quantitative estimate of drug-likeness (QED) is 0.449. The van der Waals surface area contributed by atoms with Crippen LogP contribution in [0.3, 0.4) is 0 Å². The molecule has 38 valence electrons. The second kappa shape index (κ2) is 1.75. The van der Waals surface area contributed by atoms with Crippen LogP contribution < -0.4 is 5.48 Å². The molecule has 0 aromatic rings. The van der Waals surface area contributed by atoms with Gasteiger partial charge in [0, 0.05) is 6.20 Å². The van der Waals surface area contributed by atoms with Crippen molar-refractivity contribution in [3.8, 4) is 0 Å². The monoisotopic (exact) mass is 98.0 g/mol. The molecule has 3 heteroatoms. The number of rotatable bonds is 0. The normalized spacial score (nSPS) is 19.1. The van der Waals surface area contributed by atoms with Crippen molar-refractivity contribution in [2.24, 2.45) is 0 Å². The molecule has 1 aliphatic rings. The zero-order valence-electron chi connectivity index (χ0n) is 3.77. The molecular weight excluding hydrogens is 92.1 g/mol. The van der Waals surface area contributed by atoms with Crippen LogP contribution in [0.1, 0.15) is 0 Å². The molecule has 7 heavy (non-hydrogen) atoms. The average molecular weight is 98.1 g/mol. The first-order valence-corrected chi connectivity index (χ1v) is 2.01. The largest absolute Gasteiger partial charge is 0.303 e. The molecule has 0 aliphatic carbocycles. The van der Waals surface area contributed by atoms with Gasteiger partial charge < -0.3 is 5.41 Å². The fourth-order valence-corrected chi connectivity index (χ4v) is 0.350. The van der Waals surface area contributed by atoms with Crippen LogP contribution in [-0.2, 0) is 4.84 Å². The van der Waals surface area contributed by atoms with Gasteiger partial charge in [0.15, 0.2) is 0 Å². The van der Waals surface area contributed by atoms with Gasteiger partial charge in [0.2, 0.25) is 0 Å². The van der Waals surface area contributed by atoms with Crippen LogP contribution in [0.5, 0.6) is 0 Å². The van der Waals surface area contributed by atoms with Gasteiger partial charge in [0.05, 0.1) is 5.71 Å². The van der Waals surface area contributed by atoms with E-state index in [9.17, 15) is 0 Å². The van der Waals surface area contributed by atoms with Crippen LogP contribution in [-0.4, -0.2) is 12.3 Å². The molecule has 0 fully saturated rings. The van der Waals surface area contributed by atoms with Crippen molar-refractivity contribution in [3.63, 3.8) is 0 Å². The molecule has 0 radical (unpaired) electrons. The molecule has 0 unspecified atom stereocenters. The van der Waals surface area contributed by atoms with Crippen molar-refractivity contribution in [3.05, 3.63) is 12.3 Å². The lowest BCUT2D eigenvalue weighted by atomic mass is 10.4. The van der Waals surface area contributed by atoms with E-state index in [2.05, 4.69) is 10.3 Å². The lowest BCUT2D eigenvalue weighted by molar-refractivity contribution is 0.0996. The van der Waals surface area contributed by atoms with Gasteiger partial charge in [-0.2, -0.15) is 0 Å². The lowest BCUT2D eigenvalue weighted by Crippen LogP contribution is -2.18. The molecule has 0 spiro atoms. The Balaban J connectivity index is 2.51. The molecule has 2 N–H and O–H groups in total. The predicted molar refractivity (Wildman–Crippen MR) is 26.0 cm³/mol. The van der Waals surface area contributed by atoms with Crippen molar-refractivity contribution < 1.29 is 4.84 Å². The van der Waals surface area contributed by atoms with Crippen molar-refractivity contribution in [1.29, 1.82) is 5.41 Å². The maximum atomic E-state index is 6.94. The SMILES string of the molecule is N=C1C=CNOC1. The zero-order valence-corrected chi connectivity index (χ0v) is 3.77. The average Bonchev–Trinajstić information content (AvgIpc) is 1.69. The molecule has 1 rings (SSSR count). The number of hydroxylamine groups is 1. The molecule has 0 saturated carbocycles. The first-order chi connectivity index (χ1) is 3.39. The van der Waals surface area contributed by atoms with Crippen molar-refractivity contribution in [1.82, 2.24) is 5.48 Å². The second-order valence-electron chi connectivity index (χ2n) is 1.27. The Labute approximate surface area is 41.4 Å². The van der Waals surface area contributed by atoms with E-state index >= 15 is 0 Å². The Morgan fingerprint density at radius 3 is 3.00 bits per heavy atom. The third-order valence-corrected chi connectivity index (χ3v) is 0.664. The lowest BCUT2D eigenvalue weighted by Gasteiger charge is -2.05. The zero-order chi connectivity index (χ0) is 5.11. The number of nitrogens with one attached hydrogen (secondary N) is 2. The van der Waals surface area contributed by atoms with Gasteiger partial charge in [-0.3, -0.25) is 10.3 Å². The van der Waals surface area contributed by atoms with E-state index in [0.717, 1.165) is 0 Å². The molecule has 0 amide bonds. The highest BCUT2D eigenvalue weighted by atomic mass is 16.6. The molecule has 0 bridgehead atoms. The van der Waals surface area contributed by atoms with Crippen LogP contribution in [0.25, 0.3) is 0 Å². The number of hydrogen-bond donors (Lipinski definition) is 2. The van der Waals surface area contributed by atoms with Crippen LogP contribution >= 0.6 is 0 Å². The van der Waals surface area contributed by atoms with E-state index in [1.165, 1.54) is 0 Å². The molecule has 1 heterocycles. The maximum Gasteiger partial charge on any atom is 0.116 e. The third kappa shape index (κ3) is 1.01. The first-order valence-electron chi connectivity index (χ1n) is 2.01. The highest BCUT2D eigenvalue weighted by molar-refractivity contribution is 5.93. The maximum absolute atomic E-state index is 6.94. The highest BCUT2D eigenvalue weighted by Crippen LogP contribution is 1.82. The summed E-state index contributed by atoms with van der Waals surface area (Å²) < 4.78 is 0. The summed E-state index contributed by atoms with van der Waals surface area (Å²) in [6.07, 6.45) is 3.25. The Kier molecular flexibility index (Phi) is 1.08. The van der Waals surface area contributed by atoms with Crippen LogP contribution in [0.2, 0.25) is 0 Å². The summed E-state index contributed by atoms with van der Waals surface area (Å²) in [5.41, 5.74) is 2.99. The molecular formula is C4H6N2O. The number of hydrogen-bond acceptors (Lipinski definition) is 3. The summed E-state index contributed by atoms with van der Waals surface area (Å²) >= 11 is 0. The molecule has 0 aromatic heterocycles. The fourth-order valence-electron chi connectivity index (χ4n) is 0.350. The summed E-state index contributed by atoms with van der Waals surface area (Å²) in [6, 6.07) is 0. The molecule has 1 aliphatic heterocycles. The second-order valence-corrected chi connectivity index (χ2v) is 1.27. The topological polar surface area (TPSA) is 45.1 Å². The minimum absolute atomic E-state index is 0.372. The van der Waals surface area contributed by atoms with Crippen LogP contribution in [0.15, 0.2) is 12.3 Å². The predicted octanol–water partition coefficient (Wildman–Crippen LogP) is 0.0547. The van der Waals surface area contributed by atoms with Crippen LogP contribution in [0, 0.1) is 5.41 Å². The van der Waals surface area contributed by atoms with Gasteiger partial charge in [-0.25, -0.2) is 0 Å². The van der Waals surface area contributed by atoms with E-state index in [1.54, 1.807) is 12.3 Å². The van der Waals surface area contributed by atoms with E-state index in [0.29, 0.717) is 12.3 Å². The summed E-state index contributed by atoms with van der Waals surface area (Å²) in [6.45, 7) is 0.372. The van der Waals surface area contributed by atoms with Gasteiger partial charge >= 0.3 is 0 Å². The molecule has 0 saturated heterocycles. The van der Waals surface area contributed by atoms with Gasteiger partial charge in [-0.1, -0.05) is 0 Å². The molecule has 3 nitrogen and oxygen atoms in total. The standard InChI is InChI=1S/C4H6N2O/c5-4-1-2-6-7-3-4/h1-2,5-6H,3H2.